The van der Waals surface area contributed by atoms with Gasteiger partial charge >= 0.3 is 0 Å². The van der Waals surface area contributed by atoms with Crippen molar-refractivity contribution in [2.45, 2.75) is 25.9 Å². The van der Waals surface area contributed by atoms with Crippen molar-refractivity contribution in [3.05, 3.63) is 125 Å². The third-order valence-corrected chi connectivity index (χ3v) is 7.57. The van der Waals surface area contributed by atoms with Crippen LogP contribution in [-0.4, -0.2) is 14.7 Å². The summed E-state index contributed by atoms with van der Waals surface area (Å²) in [6.07, 6.45) is 1.83. The molecule has 36 heavy (non-hydrogen) atoms. The topological polar surface area (TPSA) is 33.1 Å². The average molecular weight is 509 g/mol. The van der Waals surface area contributed by atoms with Gasteiger partial charge in [-0.25, -0.2) is 0 Å². The summed E-state index contributed by atoms with van der Waals surface area (Å²) in [5.41, 5.74) is 6.69. The summed E-state index contributed by atoms with van der Waals surface area (Å²) in [6.45, 7) is 4.36. The quantitative estimate of drug-likeness (QED) is 0.255. The lowest BCUT2D eigenvalue weighted by Crippen LogP contribution is -2.29. The van der Waals surface area contributed by atoms with Gasteiger partial charge in [0.25, 0.3) is 0 Å². The third kappa shape index (κ3) is 3.76. The summed E-state index contributed by atoms with van der Waals surface area (Å²) in [5.74, 6) is 0. The van der Waals surface area contributed by atoms with Gasteiger partial charge in [-0.3, -0.25) is 4.98 Å². The first-order chi connectivity index (χ1) is 17.5. The molecule has 5 aromatic rings. The number of aromatic nitrogens is 2. The Labute approximate surface area is 221 Å². The first-order valence-electron chi connectivity index (χ1n) is 12.0. The molecule has 0 aliphatic carbocycles. The van der Waals surface area contributed by atoms with E-state index >= 15 is 0 Å². The first-order valence-corrected chi connectivity index (χ1v) is 12.7. The minimum absolute atomic E-state index is 0.0801. The largest absolute Gasteiger partial charge is 0.351 e. The van der Waals surface area contributed by atoms with Crippen molar-refractivity contribution in [2.24, 2.45) is 0 Å². The standard InChI is InChI=1S/C30H25ClN4S/c1-19-18-25(20(2)34(19)27-12-7-9-21-8-3-4-10-24(21)27)29-28(26-11-5-6-17-32-26)33-30(36)35(29)23-15-13-22(31)14-16-23/h3-18,28-29H,1-2H3,(H,33,36)/t28-,29-/m0/s1. The Morgan fingerprint density at radius 3 is 2.42 bits per heavy atom. The summed E-state index contributed by atoms with van der Waals surface area (Å²) in [7, 11) is 0. The molecule has 6 rings (SSSR count). The number of anilines is 1. The fourth-order valence-corrected chi connectivity index (χ4v) is 5.88. The van der Waals surface area contributed by atoms with Crippen molar-refractivity contribution in [1.82, 2.24) is 14.9 Å². The second-order valence-electron chi connectivity index (χ2n) is 9.13. The SMILES string of the molecule is Cc1cc([C@H]2[C@H](c3ccccn3)NC(=S)N2c2ccc(Cl)cc2)c(C)n1-c1cccc2ccccc12. The predicted octanol–water partition coefficient (Wildman–Crippen LogP) is 7.47. The normalized spacial score (nSPS) is 17.5. The molecule has 1 aliphatic rings. The van der Waals surface area contributed by atoms with Crippen LogP contribution >= 0.6 is 23.8 Å². The molecule has 2 aromatic heterocycles. The Kier molecular flexibility index (Phi) is 5.75. The summed E-state index contributed by atoms with van der Waals surface area (Å²) >= 11 is 12.1. The van der Waals surface area contributed by atoms with Crippen molar-refractivity contribution in [3.63, 3.8) is 0 Å². The highest BCUT2D eigenvalue weighted by Crippen LogP contribution is 2.44. The van der Waals surface area contributed by atoms with Crippen molar-refractivity contribution in [2.75, 3.05) is 4.90 Å². The molecule has 0 saturated carbocycles. The first kappa shape index (κ1) is 22.8. The molecule has 2 atom stereocenters. The van der Waals surface area contributed by atoms with Crippen LogP contribution in [0.15, 0.2) is 97.2 Å². The second-order valence-corrected chi connectivity index (χ2v) is 9.96. The van der Waals surface area contributed by atoms with Crippen molar-refractivity contribution in [3.8, 4) is 5.69 Å². The Morgan fingerprint density at radius 2 is 1.64 bits per heavy atom. The van der Waals surface area contributed by atoms with Crippen LogP contribution < -0.4 is 10.2 Å². The highest BCUT2D eigenvalue weighted by molar-refractivity contribution is 7.80. The zero-order valence-electron chi connectivity index (χ0n) is 20.0. The van der Waals surface area contributed by atoms with E-state index in [9.17, 15) is 0 Å². The molecule has 1 N–H and O–H groups in total. The van der Waals surface area contributed by atoms with Crippen molar-refractivity contribution in [1.29, 1.82) is 0 Å². The van der Waals surface area contributed by atoms with E-state index in [4.69, 9.17) is 28.8 Å². The van der Waals surface area contributed by atoms with Gasteiger partial charge < -0.3 is 14.8 Å². The zero-order valence-corrected chi connectivity index (χ0v) is 21.6. The van der Waals surface area contributed by atoms with Crippen molar-refractivity contribution < 1.29 is 0 Å². The number of aryl methyl sites for hydroxylation is 1. The molecule has 0 radical (unpaired) electrons. The minimum Gasteiger partial charge on any atom is -0.351 e. The van der Waals surface area contributed by atoms with E-state index in [-0.39, 0.29) is 12.1 Å². The van der Waals surface area contributed by atoms with Crippen LogP contribution in [0.1, 0.15) is 34.7 Å². The molecule has 0 unspecified atom stereocenters. The van der Waals surface area contributed by atoms with Gasteiger partial charge in [-0.05, 0) is 85.5 Å². The lowest BCUT2D eigenvalue weighted by molar-refractivity contribution is 0.565. The third-order valence-electron chi connectivity index (χ3n) is 7.00. The fourth-order valence-electron chi connectivity index (χ4n) is 5.41. The summed E-state index contributed by atoms with van der Waals surface area (Å²) in [5, 5.41) is 7.38. The van der Waals surface area contributed by atoms with Crippen LogP contribution in [0.3, 0.4) is 0 Å². The van der Waals surface area contributed by atoms with E-state index in [1.54, 1.807) is 0 Å². The van der Waals surface area contributed by atoms with Gasteiger partial charge in [0.15, 0.2) is 5.11 Å². The molecule has 1 saturated heterocycles. The minimum atomic E-state index is -0.101. The van der Waals surface area contributed by atoms with Crippen LogP contribution in [0, 0.1) is 13.8 Å². The van der Waals surface area contributed by atoms with Crippen LogP contribution in [0.5, 0.6) is 0 Å². The maximum atomic E-state index is 6.22. The molecule has 4 nitrogen and oxygen atoms in total. The Balaban J connectivity index is 1.55. The Bertz CT molecular complexity index is 1570. The van der Waals surface area contributed by atoms with Crippen LogP contribution in [0.2, 0.25) is 5.02 Å². The van der Waals surface area contributed by atoms with E-state index < -0.39 is 0 Å². The molecule has 1 aliphatic heterocycles. The van der Waals surface area contributed by atoms with E-state index in [2.05, 4.69) is 83.2 Å². The highest BCUT2D eigenvalue weighted by Gasteiger charge is 2.42. The molecule has 1 fully saturated rings. The molecule has 0 bridgehead atoms. The molecular formula is C30H25ClN4S. The number of nitrogens with one attached hydrogen (secondary N) is 1. The summed E-state index contributed by atoms with van der Waals surface area (Å²) in [4.78, 5) is 6.89. The summed E-state index contributed by atoms with van der Waals surface area (Å²) < 4.78 is 2.36. The lowest BCUT2D eigenvalue weighted by Gasteiger charge is -2.28. The van der Waals surface area contributed by atoms with Gasteiger partial charge in [-0.2, -0.15) is 0 Å². The molecule has 0 spiro atoms. The number of hydrogen-bond donors (Lipinski definition) is 1. The highest BCUT2D eigenvalue weighted by atomic mass is 35.5. The van der Waals surface area contributed by atoms with E-state index in [0.29, 0.717) is 10.1 Å². The van der Waals surface area contributed by atoms with E-state index in [0.717, 1.165) is 11.4 Å². The maximum Gasteiger partial charge on any atom is 0.174 e. The second kappa shape index (κ2) is 9.08. The number of nitrogens with zero attached hydrogens (tertiary/aromatic N) is 3. The molecule has 3 aromatic carbocycles. The number of benzene rings is 3. The molecular weight excluding hydrogens is 484 g/mol. The van der Waals surface area contributed by atoms with Crippen LogP contribution in [0.25, 0.3) is 16.5 Å². The van der Waals surface area contributed by atoms with Gasteiger partial charge in [-0.15, -0.1) is 0 Å². The maximum absolute atomic E-state index is 6.22. The van der Waals surface area contributed by atoms with E-state index in [1.807, 2.05) is 42.6 Å². The smallest absolute Gasteiger partial charge is 0.174 e. The van der Waals surface area contributed by atoms with Gasteiger partial charge in [0.2, 0.25) is 0 Å². The number of fused-ring (bicyclic) bond motifs is 1. The van der Waals surface area contributed by atoms with Gasteiger partial charge in [0.1, 0.15) is 0 Å². The van der Waals surface area contributed by atoms with Crippen LogP contribution in [0.4, 0.5) is 5.69 Å². The van der Waals surface area contributed by atoms with Crippen LogP contribution in [-0.2, 0) is 0 Å². The van der Waals surface area contributed by atoms with E-state index in [1.165, 1.54) is 33.4 Å². The molecule has 6 heteroatoms. The monoisotopic (exact) mass is 508 g/mol. The molecule has 178 valence electrons. The van der Waals surface area contributed by atoms with Gasteiger partial charge in [0.05, 0.1) is 23.5 Å². The predicted molar refractivity (Wildman–Crippen MR) is 152 cm³/mol. The lowest BCUT2D eigenvalue weighted by atomic mass is 9.96. The number of rotatable bonds is 4. The van der Waals surface area contributed by atoms with Crippen molar-refractivity contribution >= 4 is 45.4 Å². The average Bonchev–Trinajstić information content (AvgIpc) is 3.39. The zero-order chi connectivity index (χ0) is 24.8. The molecule has 0 amide bonds. The number of pyridine rings is 1. The Hall–Kier alpha value is -3.67. The number of thiocarbonyl (C=S) groups is 1. The molecule has 3 heterocycles. The summed E-state index contributed by atoms with van der Waals surface area (Å²) in [6, 6.07) is 31.0. The fraction of sp³-hybridized carbons (Fsp3) is 0.133. The van der Waals surface area contributed by atoms with Gasteiger partial charge in [-0.1, -0.05) is 54.1 Å². The number of hydrogen-bond acceptors (Lipinski definition) is 2. The Morgan fingerprint density at radius 1 is 0.889 bits per heavy atom. The number of halogens is 1. The van der Waals surface area contributed by atoms with Gasteiger partial charge in [0, 0.05) is 33.7 Å².